The van der Waals surface area contributed by atoms with Crippen molar-refractivity contribution in [1.29, 1.82) is 0 Å². The molecule has 0 bridgehead atoms. The number of nitrogens with one attached hydrogen (secondary N) is 1. The Labute approximate surface area is 219 Å². The number of halogens is 1. The minimum atomic E-state index is -0.832. The van der Waals surface area contributed by atoms with Crippen LogP contribution in [0.5, 0.6) is 5.75 Å². The van der Waals surface area contributed by atoms with Gasteiger partial charge in [0.1, 0.15) is 11.6 Å². The molecule has 0 saturated heterocycles. The highest BCUT2D eigenvalue weighted by molar-refractivity contribution is 6.11. The van der Waals surface area contributed by atoms with Gasteiger partial charge in [-0.3, -0.25) is 9.59 Å². The van der Waals surface area contributed by atoms with Crippen LogP contribution in [0.3, 0.4) is 0 Å². The van der Waals surface area contributed by atoms with Crippen molar-refractivity contribution in [2.24, 2.45) is 0 Å². The van der Waals surface area contributed by atoms with Gasteiger partial charge in [-0.25, -0.2) is 4.98 Å². The lowest BCUT2D eigenvalue weighted by Gasteiger charge is -2.22. The zero-order valence-corrected chi connectivity index (χ0v) is 21.1. The number of pyridine rings is 2. The van der Waals surface area contributed by atoms with Crippen molar-refractivity contribution >= 4 is 40.0 Å². The lowest BCUT2D eigenvalue weighted by atomic mass is 10.00. The molecular formula is C29H27FN4O4. The SMILES string of the molecule is CCN1c2ncc(CCOc3ccc(CCC(=O)O)c4ccccc34)cc2C(=O)Nc2c(C)cc(F)nc21. The summed E-state index contributed by atoms with van der Waals surface area (Å²) < 4.78 is 20.2. The predicted molar refractivity (Wildman–Crippen MR) is 143 cm³/mol. The van der Waals surface area contributed by atoms with Gasteiger partial charge in [-0.15, -0.1) is 0 Å². The molecule has 5 rings (SSSR count). The highest BCUT2D eigenvalue weighted by atomic mass is 19.1. The normalized spacial score (nSPS) is 12.5. The molecule has 3 heterocycles. The number of carboxylic acid groups (broad SMARTS) is 1. The minimum absolute atomic E-state index is 0.0637. The molecule has 0 aliphatic carbocycles. The Balaban J connectivity index is 1.36. The third-order valence-corrected chi connectivity index (χ3v) is 6.63. The van der Waals surface area contributed by atoms with Crippen LogP contribution in [-0.2, 0) is 17.6 Å². The number of carbonyl (C=O) groups is 2. The summed E-state index contributed by atoms with van der Waals surface area (Å²) >= 11 is 0. The molecule has 0 spiro atoms. The summed E-state index contributed by atoms with van der Waals surface area (Å²) in [7, 11) is 0. The van der Waals surface area contributed by atoms with Crippen LogP contribution in [0.1, 0.15) is 40.4 Å². The second kappa shape index (κ2) is 10.5. The van der Waals surface area contributed by atoms with Crippen molar-refractivity contribution in [2.75, 3.05) is 23.4 Å². The quantitative estimate of drug-likeness (QED) is 0.302. The summed E-state index contributed by atoms with van der Waals surface area (Å²) in [5, 5.41) is 13.8. The maximum absolute atomic E-state index is 14.1. The number of hydrogen-bond acceptors (Lipinski definition) is 6. The number of amides is 1. The van der Waals surface area contributed by atoms with E-state index in [4.69, 9.17) is 9.84 Å². The van der Waals surface area contributed by atoms with Crippen LogP contribution < -0.4 is 15.0 Å². The highest BCUT2D eigenvalue weighted by Crippen LogP contribution is 2.37. The predicted octanol–water partition coefficient (Wildman–Crippen LogP) is 5.44. The van der Waals surface area contributed by atoms with Gasteiger partial charge in [0.15, 0.2) is 5.82 Å². The fourth-order valence-electron chi connectivity index (χ4n) is 4.76. The Morgan fingerprint density at radius 3 is 2.66 bits per heavy atom. The Morgan fingerprint density at radius 1 is 1.11 bits per heavy atom. The third kappa shape index (κ3) is 4.87. The van der Waals surface area contributed by atoms with Crippen LogP contribution in [0.25, 0.3) is 10.8 Å². The smallest absolute Gasteiger partial charge is 0.303 e. The zero-order chi connectivity index (χ0) is 26.8. The van der Waals surface area contributed by atoms with E-state index < -0.39 is 11.9 Å². The van der Waals surface area contributed by atoms with E-state index in [0.29, 0.717) is 60.2 Å². The molecule has 2 N–H and O–H groups in total. The summed E-state index contributed by atoms with van der Waals surface area (Å²) in [5.41, 5.74) is 3.22. The van der Waals surface area contributed by atoms with E-state index in [2.05, 4.69) is 15.3 Å². The summed E-state index contributed by atoms with van der Waals surface area (Å²) in [4.78, 5) is 34.5. The largest absolute Gasteiger partial charge is 0.493 e. The highest BCUT2D eigenvalue weighted by Gasteiger charge is 2.28. The first-order valence-electron chi connectivity index (χ1n) is 12.5. The van der Waals surface area contributed by atoms with E-state index in [1.54, 1.807) is 24.1 Å². The average molecular weight is 515 g/mol. The summed E-state index contributed by atoms with van der Waals surface area (Å²) in [5.74, 6) is -0.313. The number of aliphatic carboxylic acids is 1. The van der Waals surface area contributed by atoms with Gasteiger partial charge in [-0.05, 0) is 60.5 Å². The van der Waals surface area contributed by atoms with E-state index in [1.807, 2.05) is 43.3 Å². The first kappa shape index (κ1) is 25.1. The number of nitrogens with zero attached hydrogens (tertiary/aromatic N) is 3. The van der Waals surface area contributed by atoms with Crippen LogP contribution in [0, 0.1) is 12.9 Å². The summed E-state index contributed by atoms with van der Waals surface area (Å²) in [6.45, 7) is 4.43. The first-order valence-corrected chi connectivity index (χ1v) is 12.5. The van der Waals surface area contributed by atoms with Crippen molar-refractivity contribution in [3.63, 3.8) is 0 Å². The molecule has 0 saturated carbocycles. The number of rotatable bonds is 8. The molecule has 1 aliphatic rings. The molecule has 2 aromatic carbocycles. The lowest BCUT2D eigenvalue weighted by molar-refractivity contribution is -0.136. The van der Waals surface area contributed by atoms with E-state index in [-0.39, 0.29) is 12.3 Å². The van der Waals surface area contributed by atoms with Crippen molar-refractivity contribution in [2.45, 2.75) is 33.1 Å². The van der Waals surface area contributed by atoms with Crippen molar-refractivity contribution in [3.8, 4) is 5.75 Å². The third-order valence-electron chi connectivity index (χ3n) is 6.63. The molecule has 38 heavy (non-hydrogen) atoms. The van der Waals surface area contributed by atoms with E-state index >= 15 is 0 Å². The van der Waals surface area contributed by atoms with Gasteiger partial charge < -0.3 is 20.1 Å². The molecule has 0 radical (unpaired) electrons. The molecule has 8 nitrogen and oxygen atoms in total. The topological polar surface area (TPSA) is 105 Å². The molecule has 0 fully saturated rings. The van der Waals surface area contributed by atoms with Crippen LogP contribution in [0.2, 0.25) is 0 Å². The number of aromatic nitrogens is 2. The second-order valence-corrected chi connectivity index (χ2v) is 9.13. The number of ether oxygens (including phenoxy) is 1. The number of anilines is 3. The average Bonchev–Trinajstić information content (AvgIpc) is 3.01. The summed E-state index contributed by atoms with van der Waals surface area (Å²) in [6, 6.07) is 14.6. The monoisotopic (exact) mass is 514 g/mol. The van der Waals surface area contributed by atoms with Gasteiger partial charge in [-0.2, -0.15) is 9.37 Å². The Morgan fingerprint density at radius 2 is 1.89 bits per heavy atom. The van der Waals surface area contributed by atoms with Gasteiger partial charge >= 0.3 is 5.97 Å². The molecule has 0 atom stereocenters. The molecule has 194 valence electrons. The van der Waals surface area contributed by atoms with E-state index in [9.17, 15) is 14.0 Å². The Hall–Kier alpha value is -4.53. The summed E-state index contributed by atoms with van der Waals surface area (Å²) in [6.07, 6.45) is 2.71. The van der Waals surface area contributed by atoms with E-state index in [0.717, 1.165) is 21.9 Å². The molecule has 2 aromatic heterocycles. The molecule has 1 amide bonds. The minimum Gasteiger partial charge on any atom is -0.493 e. The maximum atomic E-state index is 14.1. The number of benzene rings is 2. The van der Waals surface area contributed by atoms with Crippen LogP contribution in [0.15, 0.2) is 54.7 Å². The number of fused-ring (bicyclic) bond motifs is 3. The molecule has 4 aromatic rings. The zero-order valence-electron chi connectivity index (χ0n) is 21.1. The number of carboxylic acids is 1. The first-order chi connectivity index (χ1) is 18.4. The molecular weight excluding hydrogens is 487 g/mol. The molecule has 9 heteroatoms. The molecule has 1 aliphatic heterocycles. The lowest BCUT2D eigenvalue weighted by Crippen LogP contribution is -2.20. The van der Waals surface area contributed by atoms with Gasteiger partial charge in [0.2, 0.25) is 5.95 Å². The van der Waals surface area contributed by atoms with Crippen molar-refractivity contribution < 1.29 is 23.8 Å². The fraction of sp³-hybridized carbons (Fsp3) is 0.241. The molecule has 0 unspecified atom stereocenters. The fourth-order valence-corrected chi connectivity index (χ4v) is 4.76. The second-order valence-electron chi connectivity index (χ2n) is 9.13. The van der Waals surface area contributed by atoms with Gasteiger partial charge in [0, 0.05) is 31.0 Å². The van der Waals surface area contributed by atoms with Crippen molar-refractivity contribution in [3.05, 3.63) is 82.9 Å². The van der Waals surface area contributed by atoms with Gasteiger partial charge in [0.05, 0.1) is 17.9 Å². The Bertz CT molecular complexity index is 1560. The van der Waals surface area contributed by atoms with Crippen LogP contribution in [-0.4, -0.2) is 40.1 Å². The van der Waals surface area contributed by atoms with Crippen molar-refractivity contribution in [1.82, 2.24) is 9.97 Å². The standard InChI is InChI=1S/C29H27FN4O4/c1-3-34-27-22(29(37)33-26-17(2)14-24(30)32-28(26)34)15-18(16-31-27)12-13-38-23-10-8-19(9-11-25(35)36)20-6-4-5-7-21(20)23/h4-8,10,14-16H,3,9,11-13H2,1-2H3,(H,33,37)(H,35,36). The van der Waals surface area contributed by atoms with Crippen LogP contribution in [0.4, 0.5) is 21.7 Å². The Kier molecular flexibility index (Phi) is 6.91. The van der Waals surface area contributed by atoms with Gasteiger partial charge in [0.25, 0.3) is 5.91 Å². The maximum Gasteiger partial charge on any atom is 0.303 e. The van der Waals surface area contributed by atoms with E-state index in [1.165, 1.54) is 6.07 Å². The van der Waals surface area contributed by atoms with Crippen LogP contribution >= 0.6 is 0 Å². The number of aryl methyl sites for hydroxylation is 2. The van der Waals surface area contributed by atoms with Gasteiger partial charge in [-0.1, -0.05) is 30.3 Å². The number of hydrogen-bond donors (Lipinski definition) is 2. The number of carbonyl (C=O) groups excluding carboxylic acids is 1.